The summed E-state index contributed by atoms with van der Waals surface area (Å²) in [6.07, 6.45) is 1.43. The lowest BCUT2D eigenvalue weighted by Crippen LogP contribution is -2.26. The number of carbonyl (C=O) groups excluding carboxylic acids is 1. The van der Waals surface area contributed by atoms with Gasteiger partial charge in [0.25, 0.3) is 5.56 Å². The summed E-state index contributed by atoms with van der Waals surface area (Å²) in [5.41, 5.74) is 1.60. The van der Waals surface area contributed by atoms with Crippen molar-refractivity contribution < 1.29 is 9.53 Å². The molecule has 6 nitrogen and oxygen atoms in total. The molecule has 3 rings (SSSR count). The number of nitrogens with one attached hydrogen (secondary N) is 2. The first-order valence-corrected chi connectivity index (χ1v) is 8.53. The van der Waals surface area contributed by atoms with Crippen LogP contribution < -0.4 is 15.6 Å². The van der Waals surface area contributed by atoms with Crippen molar-refractivity contribution in [2.45, 2.75) is 19.3 Å². The van der Waals surface area contributed by atoms with Crippen LogP contribution in [0.5, 0.6) is 5.75 Å². The number of nitrogens with zero attached hydrogens (tertiary/aromatic N) is 1. The van der Waals surface area contributed by atoms with Crippen molar-refractivity contribution in [1.82, 2.24) is 15.3 Å². The van der Waals surface area contributed by atoms with Crippen LogP contribution in [0.4, 0.5) is 0 Å². The summed E-state index contributed by atoms with van der Waals surface area (Å²) in [5, 5.41) is 3.45. The Labute approximate surface area is 151 Å². The van der Waals surface area contributed by atoms with Gasteiger partial charge in [0.05, 0.1) is 18.0 Å². The van der Waals surface area contributed by atoms with Crippen LogP contribution in [0.1, 0.15) is 17.8 Å². The Bertz CT molecular complexity index is 948. The average Bonchev–Trinajstić information content (AvgIpc) is 2.67. The maximum atomic E-state index is 12.0. The largest absolute Gasteiger partial charge is 0.497 e. The zero-order valence-corrected chi connectivity index (χ0v) is 14.6. The molecule has 2 aromatic carbocycles. The summed E-state index contributed by atoms with van der Waals surface area (Å²) in [7, 11) is 1.63. The smallest absolute Gasteiger partial charge is 0.258 e. The van der Waals surface area contributed by atoms with Gasteiger partial charge in [-0.2, -0.15) is 0 Å². The van der Waals surface area contributed by atoms with Crippen molar-refractivity contribution in [3.05, 3.63) is 70.3 Å². The SMILES string of the molecule is COc1ccc(CCNC(=O)CCc2nc3ccccc3c(=O)[nH]2)cc1. The molecule has 0 saturated carbocycles. The van der Waals surface area contributed by atoms with E-state index in [2.05, 4.69) is 15.3 Å². The summed E-state index contributed by atoms with van der Waals surface area (Å²) in [6, 6.07) is 14.9. The third kappa shape index (κ3) is 4.47. The number of hydrogen-bond donors (Lipinski definition) is 2. The number of rotatable bonds is 7. The molecule has 0 bridgehead atoms. The number of aromatic amines is 1. The van der Waals surface area contributed by atoms with Crippen molar-refractivity contribution in [3.63, 3.8) is 0 Å². The fraction of sp³-hybridized carbons (Fsp3) is 0.250. The third-order valence-electron chi connectivity index (χ3n) is 4.15. The van der Waals surface area contributed by atoms with Gasteiger partial charge in [0.1, 0.15) is 11.6 Å². The normalized spacial score (nSPS) is 10.7. The fourth-order valence-corrected chi connectivity index (χ4v) is 2.71. The second-order valence-electron chi connectivity index (χ2n) is 5.98. The molecule has 0 atom stereocenters. The molecule has 0 unspecified atom stereocenters. The first-order chi connectivity index (χ1) is 12.7. The predicted octanol–water partition coefficient (Wildman–Crippen LogP) is 2.22. The molecule has 0 fully saturated rings. The third-order valence-corrected chi connectivity index (χ3v) is 4.15. The molecular formula is C20H21N3O3. The van der Waals surface area contributed by atoms with Crippen LogP contribution in [-0.4, -0.2) is 29.5 Å². The zero-order valence-electron chi connectivity index (χ0n) is 14.6. The van der Waals surface area contributed by atoms with Crippen molar-refractivity contribution in [2.75, 3.05) is 13.7 Å². The van der Waals surface area contributed by atoms with Crippen LogP contribution in [0, 0.1) is 0 Å². The molecule has 1 aromatic heterocycles. The van der Waals surface area contributed by atoms with Gasteiger partial charge >= 0.3 is 0 Å². The Morgan fingerprint density at radius 3 is 2.65 bits per heavy atom. The molecule has 1 amide bonds. The summed E-state index contributed by atoms with van der Waals surface area (Å²) in [4.78, 5) is 31.2. The van der Waals surface area contributed by atoms with Crippen molar-refractivity contribution in [2.24, 2.45) is 0 Å². The molecular weight excluding hydrogens is 330 g/mol. The van der Waals surface area contributed by atoms with Crippen molar-refractivity contribution in [3.8, 4) is 5.75 Å². The van der Waals surface area contributed by atoms with E-state index in [9.17, 15) is 9.59 Å². The lowest BCUT2D eigenvalue weighted by atomic mass is 10.1. The van der Waals surface area contributed by atoms with Gasteiger partial charge in [0.15, 0.2) is 0 Å². The van der Waals surface area contributed by atoms with Crippen LogP contribution in [0.25, 0.3) is 10.9 Å². The number of benzene rings is 2. The van der Waals surface area contributed by atoms with E-state index in [-0.39, 0.29) is 17.9 Å². The van der Waals surface area contributed by atoms with Gasteiger partial charge in [0.2, 0.25) is 5.91 Å². The van der Waals surface area contributed by atoms with E-state index in [1.165, 1.54) is 0 Å². The number of para-hydroxylation sites is 1. The number of aromatic nitrogens is 2. The summed E-state index contributed by atoms with van der Waals surface area (Å²) in [6.45, 7) is 0.562. The van der Waals surface area contributed by atoms with Gasteiger partial charge in [-0.3, -0.25) is 9.59 Å². The van der Waals surface area contributed by atoms with E-state index in [4.69, 9.17) is 4.74 Å². The topological polar surface area (TPSA) is 84.1 Å². The summed E-state index contributed by atoms with van der Waals surface area (Å²) < 4.78 is 5.12. The first-order valence-electron chi connectivity index (χ1n) is 8.53. The van der Waals surface area contributed by atoms with Gasteiger partial charge in [-0.25, -0.2) is 4.98 Å². The van der Waals surface area contributed by atoms with Crippen LogP contribution >= 0.6 is 0 Å². The Hall–Kier alpha value is -3.15. The lowest BCUT2D eigenvalue weighted by Gasteiger charge is -2.07. The maximum Gasteiger partial charge on any atom is 0.258 e. The molecule has 0 saturated heterocycles. The molecule has 0 radical (unpaired) electrons. The number of fused-ring (bicyclic) bond motifs is 1. The Morgan fingerprint density at radius 1 is 1.12 bits per heavy atom. The number of amides is 1. The number of aryl methyl sites for hydroxylation is 1. The summed E-state index contributed by atoms with van der Waals surface area (Å²) >= 11 is 0. The first kappa shape index (κ1) is 17.7. The minimum absolute atomic E-state index is 0.0608. The number of ether oxygens (including phenoxy) is 1. The van der Waals surface area contributed by atoms with Crippen LogP contribution in [0.3, 0.4) is 0 Å². The molecule has 0 spiro atoms. The Balaban J connectivity index is 1.48. The molecule has 134 valence electrons. The molecule has 3 aromatic rings. The minimum Gasteiger partial charge on any atom is -0.497 e. The van der Waals surface area contributed by atoms with Gasteiger partial charge in [-0.05, 0) is 36.2 Å². The van der Waals surface area contributed by atoms with Gasteiger partial charge < -0.3 is 15.0 Å². The molecule has 2 N–H and O–H groups in total. The molecule has 1 heterocycles. The zero-order chi connectivity index (χ0) is 18.4. The highest BCUT2D eigenvalue weighted by molar-refractivity contribution is 5.78. The highest BCUT2D eigenvalue weighted by atomic mass is 16.5. The van der Waals surface area contributed by atoms with E-state index in [1.807, 2.05) is 30.3 Å². The number of hydrogen-bond acceptors (Lipinski definition) is 4. The molecule has 0 aliphatic heterocycles. The standard InChI is InChI=1S/C20H21N3O3/c1-26-15-8-6-14(7-9-15)12-13-21-19(24)11-10-18-22-17-5-3-2-4-16(17)20(25)23-18/h2-9H,10-13H2,1H3,(H,21,24)(H,22,23,25). The second-order valence-corrected chi connectivity index (χ2v) is 5.98. The quantitative estimate of drug-likeness (QED) is 0.684. The van der Waals surface area contributed by atoms with Crippen LogP contribution in [0.15, 0.2) is 53.3 Å². The monoisotopic (exact) mass is 351 g/mol. The highest BCUT2D eigenvalue weighted by Crippen LogP contribution is 2.11. The van der Waals surface area contributed by atoms with Crippen molar-refractivity contribution in [1.29, 1.82) is 0 Å². The van der Waals surface area contributed by atoms with E-state index < -0.39 is 0 Å². The van der Waals surface area contributed by atoms with E-state index >= 15 is 0 Å². The number of methoxy groups -OCH3 is 1. The van der Waals surface area contributed by atoms with Crippen LogP contribution in [0.2, 0.25) is 0 Å². The van der Waals surface area contributed by atoms with E-state index in [0.29, 0.717) is 29.7 Å². The average molecular weight is 351 g/mol. The maximum absolute atomic E-state index is 12.0. The Morgan fingerprint density at radius 2 is 1.88 bits per heavy atom. The fourth-order valence-electron chi connectivity index (χ4n) is 2.71. The summed E-state index contributed by atoms with van der Waals surface area (Å²) in [5.74, 6) is 1.28. The minimum atomic E-state index is -0.175. The van der Waals surface area contributed by atoms with Gasteiger partial charge in [-0.1, -0.05) is 24.3 Å². The van der Waals surface area contributed by atoms with E-state index in [0.717, 1.165) is 17.7 Å². The Kier molecular flexibility index (Phi) is 5.63. The van der Waals surface area contributed by atoms with Gasteiger partial charge in [0, 0.05) is 19.4 Å². The lowest BCUT2D eigenvalue weighted by molar-refractivity contribution is -0.121. The predicted molar refractivity (Wildman–Crippen MR) is 100 cm³/mol. The number of carbonyl (C=O) groups is 1. The van der Waals surface area contributed by atoms with Gasteiger partial charge in [-0.15, -0.1) is 0 Å². The highest BCUT2D eigenvalue weighted by Gasteiger charge is 2.06. The molecule has 26 heavy (non-hydrogen) atoms. The molecule has 6 heteroatoms. The van der Waals surface area contributed by atoms with Crippen LogP contribution in [-0.2, 0) is 17.6 Å². The van der Waals surface area contributed by atoms with E-state index in [1.54, 1.807) is 25.3 Å². The molecule has 0 aliphatic carbocycles. The number of H-pyrrole nitrogens is 1. The molecule has 0 aliphatic rings. The van der Waals surface area contributed by atoms with Crippen molar-refractivity contribution >= 4 is 16.8 Å². The second kappa shape index (κ2) is 8.29.